The number of aromatic nitrogens is 4. The number of methoxy groups -OCH3 is 1. The average molecular weight is 369 g/mol. The third kappa shape index (κ3) is 4.37. The summed E-state index contributed by atoms with van der Waals surface area (Å²) in [5.41, 5.74) is 0.823. The van der Waals surface area contributed by atoms with Crippen LogP contribution in [0.4, 0.5) is 5.69 Å². The first kappa shape index (κ1) is 17.9. The number of benzene rings is 2. The second kappa shape index (κ2) is 7.95. The molecule has 27 heavy (non-hydrogen) atoms. The van der Waals surface area contributed by atoms with Crippen molar-refractivity contribution in [2.45, 2.75) is 6.61 Å². The molecule has 3 aromatic rings. The second-order valence-electron chi connectivity index (χ2n) is 5.32. The molecule has 0 atom stereocenters. The van der Waals surface area contributed by atoms with E-state index in [1.165, 1.54) is 25.3 Å². The molecule has 138 valence electrons. The van der Waals surface area contributed by atoms with Gasteiger partial charge in [0.05, 0.1) is 18.4 Å². The number of carbonyl (C=O) groups is 2. The van der Waals surface area contributed by atoms with Gasteiger partial charge in [-0.1, -0.05) is 5.21 Å². The van der Waals surface area contributed by atoms with E-state index in [1.807, 2.05) is 0 Å². The molecule has 3 N–H and O–H groups in total. The summed E-state index contributed by atoms with van der Waals surface area (Å²) in [6, 6.07) is 10.7. The smallest absolute Gasteiger partial charge is 0.335 e. The number of ether oxygens (including phenoxy) is 2. The van der Waals surface area contributed by atoms with Gasteiger partial charge in [-0.05, 0) is 42.5 Å². The lowest BCUT2D eigenvalue weighted by Gasteiger charge is -2.11. The molecule has 0 spiro atoms. The Kier molecular flexibility index (Phi) is 5.26. The Bertz CT molecular complexity index is 941. The SMILES string of the molecule is COc1cc(C(=O)O)ccc1NC(=O)c1ccc(OCc2nn[nH]n2)cc1. The summed E-state index contributed by atoms with van der Waals surface area (Å²) in [6.07, 6.45) is 0. The monoisotopic (exact) mass is 369 g/mol. The summed E-state index contributed by atoms with van der Waals surface area (Å²) in [5.74, 6) is -0.250. The average Bonchev–Trinajstić information content (AvgIpc) is 3.20. The standard InChI is InChI=1S/C17H15N5O5/c1-26-14-8-11(17(24)25)4-7-13(14)18-16(23)10-2-5-12(6-3-10)27-9-15-19-21-22-20-15/h2-8H,9H2,1H3,(H,18,23)(H,24,25)(H,19,20,21,22). The Labute approximate surface area is 153 Å². The Hall–Kier alpha value is -3.95. The minimum Gasteiger partial charge on any atom is -0.495 e. The van der Waals surface area contributed by atoms with Crippen molar-refractivity contribution < 1.29 is 24.2 Å². The third-order valence-electron chi connectivity index (χ3n) is 3.57. The molecule has 0 saturated carbocycles. The van der Waals surface area contributed by atoms with Crippen LogP contribution in [-0.2, 0) is 6.61 Å². The third-order valence-corrected chi connectivity index (χ3v) is 3.57. The van der Waals surface area contributed by atoms with Crippen molar-refractivity contribution in [2.75, 3.05) is 12.4 Å². The molecule has 0 saturated heterocycles. The first-order chi connectivity index (χ1) is 13.1. The number of carbonyl (C=O) groups excluding carboxylic acids is 1. The minimum atomic E-state index is -1.08. The Balaban J connectivity index is 1.66. The molecule has 0 radical (unpaired) electrons. The number of aromatic carboxylic acids is 1. The fourth-order valence-corrected chi connectivity index (χ4v) is 2.22. The molecule has 10 nitrogen and oxygen atoms in total. The van der Waals surface area contributed by atoms with Crippen molar-refractivity contribution in [3.63, 3.8) is 0 Å². The number of amides is 1. The molecule has 0 aliphatic rings. The fraction of sp³-hybridized carbons (Fsp3) is 0.118. The van der Waals surface area contributed by atoms with Gasteiger partial charge in [0.2, 0.25) is 5.82 Å². The van der Waals surface area contributed by atoms with Gasteiger partial charge in [0.1, 0.15) is 11.5 Å². The number of rotatable bonds is 7. The van der Waals surface area contributed by atoms with Crippen LogP contribution in [0.3, 0.4) is 0 Å². The van der Waals surface area contributed by atoms with Crippen LogP contribution in [0, 0.1) is 0 Å². The maximum absolute atomic E-state index is 12.4. The Morgan fingerprint density at radius 2 is 1.89 bits per heavy atom. The zero-order chi connectivity index (χ0) is 19.2. The van der Waals surface area contributed by atoms with E-state index in [4.69, 9.17) is 14.6 Å². The van der Waals surface area contributed by atoms with Crippen LogP contribution in [0.1, 0.15) is 26.5 Å². The quantitative estimate of drug-likeness (QED) is 0.572. The number of carboxylic acid groups (broad SMARTS) is 1. The Morgan fingerprint density at radius 1 is 1.15 bits per heavy atom. The summed E-state index contributed by atoms with van der Waals surface area (Å²) in [6.45, 7) is 0.148. The van der Waals surface area contributed by atoms with Crippen LogP contribution >= 0.6 is 0 Å². The molecule has 1 amide bonds. The van der Waals surface area contributed by atoms with E-state index in [-0.39, 0.29) is 23.8 Å². The number of nitrogens with zero attached hydrogens (tertiary/aromatic N) is 3. The lowest BCUT2D eigenvalue weighted by molar-refractivity contribution is 0.0696. The second-order valence-corrected chi connectivity index (χ2v) is 5.32. The van der Waals surface area contributed by atoms with Crippen molar-refractivity contribution >= 4 is 17.6 Å². The topological polar surface area (TPSA) is 139 Å². The highest BCUT2D eigenvalue weighted by Crippen LogP contribution is 2.26. The lowest BCUT2D eigenvalue weighted by Crippen LogP contribution is -2.13. The number of anilines is 1. The van der Waals surface area contributed by atoms with E-state index < -0.39 is 5.97 Å². The maximum Gasteiger partial charge on any atom is 0.335 e. The van der Waals surface area contributed by atoms with E-state index in [0.717, 1.165) is 0 Å². The number of hydrogen-bond donors (Lipinski definition) is 3. The number of carboxylic acids is 1. The molecule has 0 aliphatic heterocycles. The molecular weight excluding hydrogens is 354 g/mol. The molecule has 0 unspecified atom stereocenters. The van der Waals surface area contributed by atoms with Crippen LogP contribution in [0.2, 0.25) is 0 Å². The van der Waals surface area contributed by atoms with Crippen molar-refractivity contribution in [1.82, 2.24) is 20.6 Å². The normalized spacial score (nSPS) is 10.3. The molecule has 0 fully saturated rings. The number of hydrogen-bond acceptors (Lipinski definition) is 7. The van der Waals surface area contributed by atoms with Gasteiger partial charge in [-0.3, -0.25) is 4.79 Å². The summed E-state index contributed by atoms with van der Waals surface area (Å²) in [5, 5.41) is 25.0. The summed E-state index contributed by atoms with van der Waals surface area (Å²) in [4.78, 5) is 23.4. The Morgan fingerprint density at radius 3 is 2.52 bits per heavy atom. The van der Waals surface area contributed by atoms with E-state index in [9.17, 15) is 9.59 Å². The van der Waals surface area contributed by atoms with Gasteiger partial charge in [-0.2, -0.15) is 5.21 Å². The molecule has 1 heterocycles. The fourth-order valence-electron chi connectivity index (χ4n) is 2.22. The summed E-state index contributed by atoms with van der Waals surface area (Å²) in [7, 11) is 1.40. The highest BCUT2D eigenvalue weighted by atomic mass is 16.5. The van der Waals surface area contributed by atoms with Crippen LogP contribution in [0.5, 0.6) is 11.5 Å². The van der Waals surface area contributed by atoms with E-state index >= 15 is 0 Å². The zero-order valence-electron chi connectivity index (χ0n) is 14.2. The van der Waals surface area contributed by atoms with Crippen molar-refractivity contribution in [1.29, 1.82) is 0 Å². The molecule has 2 aromatic carbocycles. The largest absolute Gasteiger partial charge is 0.495 e. The lowest BCUT2D eigenvalue weighted by atomic mass is 10.1. The van der Waals surface area contributed by atoms with E-state index in [1.54, 1.807) is 24.3 Å². The number of aromatic amines is 1. The van der Waals surface area contributed by atoms with Crippen LogP contribution < -0.4 is 14.8 Å². The number of nitrogens with one attached hydrogen (secondary N) is 2. The van der Waals surface area contributed by atoms with Gasteiger partial charge < -0.3 is 19.9 Å². The predicted molar refractivity (Wildman–Crippen MR) is 92.9 cm³/mol. The van der Waals surface area contributed by atoms with Gasteiger partial charge >= 0.3 is 5.97 Å². The van der Waals surface area contributed by atoms with Gasteiger partial charge in [0.25, 0.3) is 5.91 Å². The molecule has 0 aliphatic carbocycles. The summed E-state index contributed by atoms with van der Waals surface area (Å²) < 4.78 is 10.6. The van der Waals surface area contributed by atoms with Crippen molar-refractivity contribution in [2.24, 2.45) is 0 Å². The number of H-pyrrole nitrogens is 1. The minimum absolute atomic E-state index is 0.0629. The molecule has 10 heteroatoms. The highest BCUT2D eigenvalue weighted by Gasteiger charge is 2.13. The van der Waals surface area contributed by atoms with Crippen molar-refractivity contribution in [3.05, 3.63) is 59.4 Å². The summed E-state index contributed by atoms with van der Waals surface area (Å²) >= 11 is 0. The van der Waals surface area contributed by atoms with Gasteiger partial charge in [-0.15, -0.1) is 10.2 Å². The predicted octanol–water partition coefficient (Wildman–Crippen LogP) is 1.74. The molecule has 3 rings (SSSR count). The van der Waals surface area contributed by atoms with Crippen LogP contribution in [0.15, 0.2) is 42.5 Å². The van der Waals surface area contributed by atoms with Crippen LogP contribution in [0.25, 0.3) is 0 Å². The van der Waals surface area contributed by atoms with Gasteiger partial charge in [-0.25, -0.2) is 4.79 Å². The molecule has 1 aromatic heterocycles. The first-order valence-electron chi connectivity index (χ1n) is 7.74. The van der Waals surface area contributed by atoms with Gasteiger partial charge in [0, 0.05) is 5.56 Å². The number of tetrazole rings is 1. The maximum atomic E-state index is 12.4. The van der Waals surface area contributed by atoms with Gasteiger partial charge in [0.15, 0.2) is 6.61 Å². The zero-order valence-corrected chi connectivity index (χ0v) is 14.2. The van der Waals surface area contributed by atoms with Crippen LogP contribution in [-0.4, -0.2) is 44.7 Å². The molecular formula is C17H15N5O5. The highest BCUT2D eigenvalue weighted by molar-refractivity contribution is 6.05. The van der Waals surface area contributed by atoms with E-state index in [0.29, 0.717) is 22.8 Å². The van der Waals surface area contributed by atoms with E-state index in [2.05, 4.69) is 25.9 Å². The first-order valence-corrected chi connectivity index (χ1v) is 7.74. The molecule has 0 bridgehead atoms. The van der Waals surface area contributed by atoms with Crippen molar-refractivity contribution in [3.8, 4) is 11.5 Å².